The maximum Gasteiger partial charge on any atom is 0.252 e. The summed E-state index contributed by atoms with van der Waals surface area (Å²) in [6.07, 6.45) is -6.26. The molecule has 0 aromatic heterocycles. The Morgan fingerprint density at radius 3 is 0.967 bits per heavy atom. The number of benzene rings is 2. The molecule has 13 N–H and O–H groups in total. The van der Waals surface area contributed by atoms with Gasteiger partial charge in [0.25, 0.3) is 23.6 Å². The molecule has 4 unspecified atom stereocenters. The molecule has 0 heterocycles. The number of hydrogen-bond acceptors (Lipinski definition) is 15. The number of rotatable bonds is 24. The van der Waals surface area contributed by atoms with Crippen molar-refractivity contribution in [1.82, 2.24) is 21.3 Å². The Labute approximate surface area is 372 Å². The highest BCUT2D eigenvalue weighted by Gasteiger charge is 2.32. The van der Waals surface area contributed by atoms with Crippen LogP contribution in [0.1, 0.15) is 63.7 Å². The maximum absolute atomic E-state index is 13.5. The third-order valence-electron chi connectivity index (χ3n) is 9.20. The van der Waals surface area contributed by atoms with E-state index in [0.717, 1.165) is 9.80 Å². The summed E-state index contributed by atoms with van der Waals surface area (Å²) in [4.78, 5) is 81.8. The minimum Gasteiger partial charge on any atom is -0.394 e. The van der Waals surface area contributed by atoms with Crippen LogP contribution in [0.2, 0.25) is 0 Å². The zero-order valence-corrected chi connectivity index (χ0v) is 37.6. The number of aliphatic hydroxyl groups is 9. The van der Waals surface area contributed by atoms with E-state index in [1.807, 2.05) is 0 Å². The number of nitrogens with one attached hydrogen (secondary N) is 4. The Balaban J connectivity index is 2.74. The van der Waals surface area contributed by atoms with Gasteiger partial charge in [0.1, 0.15) is 0 Å². The third kappa shape index (κ3) is 13.2. The minimum absolute atomic E-state index is 0.0113. The van der Waals surface area contributed by atoms with Gasteiger partial charge in [-0.25, -0.2) is 0 Å². The highest BCUT2D eigenvalue weighted by atomic mass is 127. The predicted molar refractivity (Wildman–Crippen MR) is 232 cm³/mol. The van der Waals surface area contributed by atoms with Gasteiger partial charge in [-0.3, -0.25) is 28.8 Å². The summed E-state index contributed by atoms with van der Waals surface area (Å²) < 4.78 is 0.259. The second kappa shape index (κ2) is 24.7. The summed E-state index contributed by atoms with van der Waals surface area (Å²) in [5.74, 6) is -3.18. The molecule has 0 aliphatic carbocycles. The van der Waals surface area contributed by atoms with Crippen molar-refractivity contribution in [3.63, 3.8) is 0 Å². The van der Waals surface area contributed by atoms with Gasteiger partial charge in [0.05, 0.1) is 99.7 Å². The van der Waals surface area contributed by atoms with E-state index in [1.54, 1.807) is 45.2 Å². The molecule has 2 rings (SSSR count). The van der Waals surface area contributed by atoms with Crippen LogP contribution < -0.4 is 31.1 Å². The first kappa shape index (κ1) is 52.5. The summed E-state index contributed by atoms with van der Waals surface area (Å²) in [6.45, 7) is 0.520. The lowest BCUT2D eigenvalue weighted by Gasteiger charge is -2.31. The highest BCUT2D eigenvalue weighted by molar-refractivity contribution is 14.1. The number of halogens is 2. The monoisotopic (exact) mass is 1070 g/mol. The van der Waals surface area contributed by atoms with E-state index in [1.165, 1.54) is 27.7 Å². The molecule has 0 aliphatic heterocycles. The number of anilines is 2. The second-order valence-electron chi connectivity index (χ2n) is 13.7. The molecule has 6 amide bonds. The standard InChI is InChI=1S/C37H52I2N6O15/c1-17-26(34(57)40-5-21(52)11-46)19(3)32(30(38)28(17)36(59)42-7-23(54)13-48)44(15-50)9-25(56)10-45(16-51)33-20(4)27(35(58)41-6-22(53)12-47)18(2)29(31(33)39)37(60)43-8-24(55)14-49/h15-16,21-25,46-49,52-56H,5-14H2,1-4H3,(H,40,57)(H,41,58)(H,42,59)(H,43,60). The van der Waals surface area contributed by atoms with E-state index >= 15 is 0 Å². The Kier molecular flexibility index (Phi) is 21.6. The first-order chi connectivity index (χ1) is 28.3. The molecule has 0 saturated heterocycles. The SMILES string of the molecule is Cc1c(C(=O)NCC(O)CO)c(C)c(N(C=O)CC(O)CN(C=O)c2c(C)c(C(=O)NCC(O)CO)c(C)c(C(=O)NCC(O)CO)c2I)c(I)c1C(=O)NCC(O)CO. The normalized spacial score (nSPS) is 13.7. The molecule has 334 valence electrons. The average Bonchev–Trinajstić information content (AvgIpc) is 3.21. The van der Waals surface area contributed by atoms with Crippen LogP contribution in [0.5, 0.6) is 0 Å². The Bertz CT molecular complexity index is 1650. The van der Waals surface area contributed by atoms with Crippen molar-refractivity contribution >= 4 is 93.0 Å². The van der Waals surface area contributed by atoms with Gasteiger partial charge in [0.2, 0.25) is 12.8 Å². The van der Waals surface area contributed by atoms with E-state index in [-0.39, 0.29) is 89.2 Å². The summed E-state index contributed by atoms with van der Waals surface area (Å²) in [6, 6.07) is 0. The molecule has 21 nitrogen and oxygen atoms in total. The van der Waals surface area contributed by atoms with Crippen molar-refractivity contribution in [2.75, 3.05) is 75.5 Å². The molecule has 0 aliphatic rings. The van der Waals surface area contributed by atoms with Crippen molar-refractivity contribution in [3.8, 4) is 0 Å². The van der Waals surface area contributed by atoms with Crippen LogP contribution in [-0.2, 0) is 9.59 Å². The zero-order chi connectivity index (χ0) is 45.6. The van der Waals surface area contributed by atoms with Crippen LogP contribution in [0, 0.1) is 34.8 Å². The molecule has 4 atom stereocenters. The van der Waals surface area contributed by atoms with E-state index in [4.69, 9.17) is 0 Å². The molecular weight excluding hydrogens is 1020 g/mol. The second-order valence-corrected chi connectivity index (χ2v) is 15.8. The number of amides is 6. The highest BCUT2D eigenvalue weighted by Crippen LogP contribution is 2.37. The number of nitrogens with zero attached hydrogens (tertiary/aromatic N) is 2. The van der Waals surface area contributed by atoms with Crippen LogP contribution in [0.25, 0.3) is 0 Å². The molecule has 0 saturated carbocycles. The summed E-state index contributed by atoms with van der Waals surface area (Å²) in [5, 5.41) is 97.8. The molecule has 0 spiro atoms. The predicted octanol–water partition coefficient (Wildman–Crippen LogP) is -3.55. The first-order valence-electron chi connectivity index (χ1n) is 18.3. The van der Waals surface area contributed by atoms with Gasteiger partial charge in [0.15, 0.2) is 0 Å². The summed E-state index contributed by atoms with van der Waals surface area (Å²) in [7, 11) is 0. The molecule has 60 heavy (non-hydrogen) atoms. The van der Waals surface area contributed by atoms with Crippen LogP contribution in [0.4, 0.5) is 11.4 Å². The van der Waals surface area contributed by atoms with E-state index in [0.29, 0.717) is 12.8 Å². The largest absolute Gasteiger partial charge is 0.394 e. The molecular formula is C37H52I2N6O15. The topological polar surface area (TPSA) is 339 Å². The lowest BCUT2D eigenvalue weighted by atomic mass is 9.93. The van der Waals surface area contributed by atoms with Crippen molar-refractivity contribution in [2.24, 2.45) is 0 Å². The Morgan fingerprint density at radius 2 is 0.733 bits per heavy atom. The fourth-order valence-electron chi connectivity index (χ4n) is 6.19. The van der Waals surface area contributed by atoms with Crippen LogP contribution >= 0.6 is 45.2 Å². The van der Waals surface area contributed by atoms with E-state index < -0.39 is 93.7 Å². The maximum atomic E-state index is 13.5. The van der Waals surface area contributed by atoms with Gasteiger partial charge < -0.3 is 77.0 Å². The molecule has 0 bridgehead atoms. The fourth-order valence-corrected chi connectivity index (χ4v) is 8.92. The Morgan fingerprint density at radius 1 is 0.483 bits per heavy atom. The molecule has 0 radical (unpaired) electrons. The number of carbonyl (C=O) groups is 6. The van der Waals surface area contributed by atoms with Gasteiger partial charge >= 0.3 is 0 Å². The van der Waals surface area contributed by atoms with Crippen molar-refractivity contribution in [1.29, 1.82) is 0 Å². The Hall–Kier alpha value is -3.64. The van der Waals surface area contributed by atoms with Gasteiger partial charge in [-0.2, -0.15) is 0 Å². The number of carbonyl (C=O) groups excluding carboxylic acids is 6. The summed E-state index contributed by atoms with van der Waals surface area (Å²) in [5.41, 5.74) is 0.134. The van der Waals surface area contributed by atoms with Gasteiger partial charge in [-0.05, 0) is 95.1 Å². The lowest BCUT2D eigenvalue weighted by molar-refractivity contribution is -0.108. The van der Waals surface area contributed by atoms with Crippen LogP contribution in [0.15, 0.2) is 0 Å². The van der Waals surface area contributed by atoms with Gasteiger partial charge in [-0.1, -0.05) is 0 Å². The zero-order valence-electron chi connectivity index (χ0n) is 33.2. The summed E-state index contributed by atoms with van der Waals surface area (Å²) >= 11 is 3.55. The third-order valence-corrected chi connectivity index (χ3v) is 11.3. The van der Waals surface area contributed by atoms with E-state index in [9.17, 15) is 74.7 Å². The fraction of sp³-hybridized carbons (Fsp3) is 0.514. The molecule has 2 aromatic rings. The van der Waals surface area contributed by atoms with Crippen molar-refractivity contribution in [3.05, 3.63) is 51.6 Å². The van der Waals surface area contributed by atoms with Crippen LogP contribution in [-0.4, -0.2) is 179 Å². The molecule has 23 heteroatoms. The molecule has 0 fully saturated rings. The number of aliphatic hydroxyl groups excluding tert-OH is 9. The molecule has 2 aromatic carbocycles. The van der Waals surface area contributed by atoms with Gasteiger partial charge in [0, 0.05) is 37.3 Å². The van der Waals surface area contributed by atoms with Gasteiger partial charge in [-0.15, -0.1) is 0 Å². The smallest absolute Gasteiger partial charge is 0.252 e. The lowest BCUT2D eigenvalue weighted by Crippen LogP contribution is -2.42. The quantitative estimate of drug-likeness (QED) is 0.0358. The van der Waals surface area contributed by atoms with Crippen LogP contribution in [0.3, 0.4) is 0 Å². The average molecular weight is 1070 g/mol. The first-order valence-corrected chi connectivity index (χ1v) is 20.5. The minimum atomic E-state index is -1.60. The van der Waals surface area contributed by atoms with E-state index in [2.05, 4.69) is 21.3 Å². The van der Waals surface area contributed by atoms with Crippen molar-refractivity contribution in [2.45, 2.75) is 58.2 Å². The van der Waals surface area contributed by atoms with Crippen molar-refractivity contribution < 1.29 is 74.7 Å². The number of hydrogen-bond donors (Lipinski definition) is 13.